The van der Waals surface area contributed by atoms with Gasteiger partial charge < -0.3 is 20.0 Å². The maximum Gasteiger partial charge on any atom is 0.227 e. The number of aromatic hydroxyl groups is 1. The number of amides is 1. The number of carbonyl (C=O) groups is 1. The van der Waals surface area contributed by atoms with E-state index in [1.165, 1.54) is 13.2 Å². The second-order valence-electron chi connectivity index (χ2n) is 4.90. The summed E-state index contributed by atoms with van der Waals surface area (Å²) < 4.78 is 10.7. The number of carbonyl (C=O) groups excluding carboxylic acids is 1. The third kappa shape index (κ3) is 3.28. The zero-order valence-electron chi connectivity index (χ0n) is 12.4. The number of methoxy groups -OCH3 is 1. The number of hydrogen-bond donors (Lipinski definition) is 2. The molecule has 6 nitrogen and oxygen atoms in total. The van der Waals surface area contributed by atoms with E-state index in [0.717, 1.165) is 5.56 Å². The Morgan fingerprint density at radius 2 is 2.09 bits per heavy atom. The topological polar surface area (TPSA) is 103 Å². The van der Waals surface area contributed by atoms with Gasteiger partial charge in [0.05, 0.1) is 12.7 Å². The molecule has 0 unspecified atom stereocenters. The van der Waals surface area contributed by atoms with Crippen LogP contribution in [-0.2, 0) is 11.2 Å². The summed E-state index contributed by atoms with van der Waals surface area (Å²) in [5, 5.41) is 9.97. The van der Waals surface area contributed by atoms with Crippen molar-refractivity contribution in [2.45, 2.75) is 19.8 Å². The molecular weight excluding hydrogens is 286 g/mol. The first-order valence-corrected chi connectivity index (χ1v) is 6.71. The molecule has 0 bridgehead atoms. The zero-order valence-corrected chi connectivity index (χ0v) is 12.4. The molecule has 0 aliphatic rings. The molecule has 0 spiro atoms. The van der Waals surface area contributed by atoms with Gasteiger partial charge in [-0.25, -0.2) is 0 Å². The third-order valence-electron chi connectivity index (χ3n) is 3.21. The second kappa shape index (κ2) is 6.34. The smallest absolute Gasteiger partial charge is 0.227 e. The minimum Gasteiger partial charge on any atom is -0.502 e. The SMILES string of the molecule is COc1ccc(CCC(N)=O)cc1-c1oc(C)cc(=O)c1O. The molecule has 2 aromatic rings. The van der Waals surface area contributed by atoms with Crippen molar-refractivity contribution in [2.75, 3.05) is 7.11 Å². The van der Waals surface area contributed by atoms with Crippen LogP contribution < -0.4 is 15.9 Å². The lowest BCUT2D eigenvalue weighted by Crippen LogP contribution is -2.11. The normalized spacial score (nSPS) is 10.5. The Bertz CT molecular complexity index is 764. The highest BCUT2D eigenvalue weighted by Gasteiger charge is 2.17. The highest BCUT2D eigenvalue weighted by molar-refractivity contribution is 5.75. The van der Waals surface area contributed by atoms with Gasteiger partial charge in [0.15, 0.2) is 5.76 Å². The summed E-state index contributed by atoms with van der Waals surface area (Å²) >= 11 is 0. The molecule has 3 N–H and O–H groups in total. The van der Waals surface area contributed by atoms with Crippen LogP contribution in [-0.4, -0.2) is 18.1 Å². The molecule has 22 heavy (non-hydrogen) atoms. The standard InChI is InChI=1S/C16H17NO5/c1-9-7-12(18)15(20)16(22-9)11-8-10(4-6-14(17)19)3-5-13(11)21-2/h3,5,7-8,20H,4,6H2,1-2H3,(H2,17,19). The molecule has 1 heterocycles. The second-order valence-corrected chi connectivity index (χ2v) is 4.90. The van der Waals surface area contributed by atoms with E-state index in [-0.39, 0.29) is 12.2 Å². The molecule has 2 rings (SSSR count). The third-order valence-corrected chi connectivity index (χ3v) is 3.21. The Balaban J connectivity index is 2.55. The quantitative estimate of drug-likeness (QED) is 0.876. The maximum atomic E-state index is 11.7. The fourth-order valence-electron chi connectivity index (χ4n) is 2.14. The Hall–Kier alpha value is -2.76. The van der Waals surface area contributed by atoms with Crippen LogP contribution in [0.4, 0.5) is 0 Å². The van der Waals surface area contributed by atoms with Gasteiger partial charge in [-0.3, -0.25) is 9.59 Å². The van der Waals surface area contributed by atoms with Crippen LogP contribution in [0, 0.1) is 6.92 Å². The first kappa shape index (κ1) is 15.6. The first-order chi connectivity index (χ1) is 10.4. The molecule has 1 amide bonds. The van der Waals surface area contributed by atoms with Crippen molar-refractivity contribution >= 4 is 5.91 Å². The summed E-state index contributed by atoms with van der Waals surface area (Å²) in [6.07, 6.45) is 0.651. The van der Waals surface area contributed by atoms with Crippen LogP contribution in [0.3, 0.4) is 0 Å². The Labute approximate surface area is 127 Å². The molecular formula is C16H17NO5. The van der Waals surface area contributed by atoms with Crippen molar-refractivity contribution in [1.29, 1.82) is 0 Å². The van der Waals surface area contributed by atoms with Crippen molar-refractivity contribution < 1.29 is 19.1 Å². The van der Waals surface area contributed by atoms with E-state index in [4.69, 9.17) is 14.9 Å². The van der Waals surface area contributed by atoms with Crippen molar-refractivity contribution in [2.24, 2.45) is 5.73 Å². The van der Waals surface area contributed by atoms with E-state index in [0.29, 0.717) is 23.5 Å². The van der Waals surface area contributed by atoms with Gasteiger partial charge in [-0.05, 0) is 31.0 Å². The summed E-state index contributed by atoms with van der Waals surface area (Å²) in [6.45, 7) is 1.62. The lowest BCUT2D eigenvalue weighted by molar-refractivity contribution is -0.117. The molecule has 116 valence electrons. The Kier molecular flexibility index (Phi) is 4.50. The molecule has 0 saturated carbocycles. The largest absolute Gasteiger partial charge is 0.502 e. The zero-order chi connectivity index (χ0) is 16.3. The number of rotatable bonds is 5. The Morgan fingerprint density at radius 1 is 1.36 bits per heavy atom. The number of primary amides is 1. The lowest BCUT2D eigenvalue weighted by atomic mass is 10.0. The average Bonchev–Trinajstić information content (AvgIpc) is 2.48. The summed E-state index contributed by atoms with van der Waals surface area (Å²) in [7, 11) is 1.48. The van der Waals surface area contributed by atoms with Crippen LogP contribution in [0.15, 0.2) is 33.5 Å². The van der Waals surface area contributed by atoms with E-state index in [2.05, 4.69) is 0 Å². The van der Waals surface area contributed by atoms with Crippen LogP contribution in [0.5, 0.6) is 11.5 Å². The summed E-state index contributed by atoms with van der Waals surface area (Å²) in [4.78, 5) is 22.6. The monoisotopic (exact) mass is 303 g/mol. The fraction of sp³-hybridized carbons (Fsp3) is 0.250. The molecule has 0 aliphatic heterocycles. The minimum absolute atomic E-state index is 0.0442. The van der Waals surface area contributed by atoms with Crippen LogP contribution >= 0.6 is 0 Å². The predicted molar refractivity (Wildman–Crippen MR) is 80.9 cm³/mol. The molecule has 0 fully saturated rings. The van der Waals surface area contributed by atoms with E-state index in [1.54, 1.807) is 25.1 Å². The summed E-state index contributed by atoms with van der Waals surface area (Å²) in [5.74, 6) is -0.00436. The number of nitrogens with two attached hydrogens (primary N) is 1. The summed E-state index contributed by atoms with van der Waals surface area (Å²) in [6, 6.07) is 6.39. The average molecular weight is 303 g/mol. The maximum absolute atomic E-state index is 11.7. The van der Waals surface area contributed by atoms with E-state index < -0.39 is 17.1 Å². The number of ether oxygens (including phenoxy) is 1. The molecule has 1 aromatic heterocycles. The minimum atomic E-state index is -0.525. The van der Waals surface area contributed by atoms with Crippen molar-refractivity contribution in [3.05, 3.63) is 45.8 Å². The van der Waals surface area contributed by atoms with Crippen LogP contribution in [0.1, 0.15) is 17.7 Å². The molecule has 0 aliphatic carbocycles. The Morgan fingerprint density at radius 3 is 2.73 bits per heavy atom. The van der Waals surface area contributed by atoms with Gasteiger partial charge in [-0.1, -0.05) is 6.07 Å². The molecule has 1 aromatic carbocycles. The van der Waals surface area contributed by atoms with Gasteiger partial charge in [0.2, 0.25) is 17.1 Å². The highest BCUT2D eigenvalue weighted by atomic mass is 16.5. The van der Waals surface area contributed by atoms with Gasteiger partial charge in [-0.15, -0.1) is 0 Å². The lowest BCUT2D eigenvalue weighted by Gasteiger charge is -2.11. The predicted octanol–water partition coefficient (Wildman–Crippen LogP) is 1.75. The summed E-state index contributed by atoms with van der Waals surface area (Å²) in [5.41, 5.74) is 5.89. The number of benzene rings is 1. The molecule has 0 radical (unpaired) electrons. The van der Waals surface area contributed by atoms with Gasteiger partial charge in [0.25, 0.3) is 0 Å². The number of aryl methyl sites for hydroxylation is 2. The van der Waals surface area contributed by atoms with Crippen LogP contribution in [0.2, 0.25) is 0 Å². The van der Waals surface area contributed by atoms with Gasteiger partial charge in [-0.2, -0.15) is 0 Å². The number of hydrogen-bond acceptors (Lipinski definition) is 5. The van der Waals surface area contributed by atoms with E-state index in [9.17, 15) is 14.7 Å². The molecule has 0 atom stereocenters. The fourth-order valence-corrected chi connectivity index (χ4v) is 2.14. The van der Waals surface area contributed by atoms with E-state index in [1.807, 2.05) is 0 Å². The van der Waals surface area contributed by atoms with Gasteiger partial charge in [0, 0.05) is 12.5 Å². The van der Waals surface area contributed by atoms with Crippen molar-refractivity contribution in [3.8, 4) is 22.8 Å². The first-order valence-electron chi connectivity index (χ1n) is 6.71. The van der Waals surface area contributed by atoms with Crippen LogP contribution in [0.25, 0.3) is 11.3 Å². The van der Waals surface area contributed by atoms with Crippen molar-refractivity contribution in [3.63, 3.8) is 0 Å². The highest BCUT2D eigenvalue weighted by Crippen LogP contribution is 2.35. The van der Waals surface area contributed by atoms with Gasteiger partial charge in [0.1, 0.15) is 11.5 Å². The van der Waals surface area contributed by atoms with E-state index >= 15 is 0 Å². The van der Waals surface area contributed by atoms with Gasteiger partial charge >= 0.3 is 0 Å². The molecule has 6 heteroatoms. The molecule has 0 saturated heterocycles. The van der Waals surface area contributed by atoms with Crippen molar-refractivity contribution in [1.82, 2.24) is 0 Å².